The molecular weight excluding hydrogens is 450 g/mol. The van der Waals surface area contributed by atoms with Crippen LogP contribution in [0.5, 0.6) is 5.75 Å². The summed E-state index contributed by atoms with van der Waals surface area (Å²) in [5.41, 5.74) is 6.39. The highest BCUT2D eigenvalue weighted by molar-refractivity contribution is 5.95. The lowest BCUT2D eigenvalue weighted by Gasteiger charge is -2.15. The first kappa shape index (κ1) is 22.8. The van der Waals surface area contributed by atoms with Crippen LogP contribution in [0.1, 0.15) is 5.56 Å². The molecule has 0 atom stereocenters. The molecule has 0 amide bonds. The summed E-state index contributed by atoms with van der Waals surface area (Å²) in [6.45, 7) is 0. The van der Waals surface area contributed by atoms with Gasteiger partial charge in [0.25, 0.3) is 5.69 Å². The molecule has 0 spiro atoms. The average molecular weight is 474 g/mol. The number of ether oxygens (including phenoxy) is 1. The number of hydrogen-bond acceptors (Lipinski definition) is 4. The van der Waals surface area contributed by atoms with Gasteiger partial charge in [0.1, 0.15) is 11.4 Å². The van der Waals surface area contributed by atoms with Gasteiger partial charge in [0.2, 0.25) is 0 Å². The second-order valence-corrected chi connectivity index (χ2v) is 8.10. The zero-order valence-electron chi connectivity index (χ0n) is 19.6. The monoisotopic (exact) mass is 473 g/mol. The molecule has 0 saturated heterocycles. The first-order chi connectivity index (χ1) is 17.7. The fourth-order valence-electron chi connectivity index (χ4n) is 4.21. The van der Waals surface area contributed by atoms with E-state index in [-0.39, 0.29) is 10.6 Å². The molecule has 5 rings (SSSR count). The Bertz CT molecular complexity index is 1520. The molecule has 6 heteroatoms. The van der Waals surface area contributed by atoms with Gasteiger partial charge in [0.05, 0.1) is 23.4 Å². The van der Waals surface area contributed by atoms with Crippen LogP contribution in [0.25, 0.3) is 28.2 Å². The Hall–Kier alpha value is -4.97. The van der Waals surface area contributed by atoms with Gasteiger partial charge in [-0.15, -0.1) is 0 Å². The van der Waals surface area contributed by atoms with Crippen LogP contribution in [0.15, 0.2) is 120 Å². The molecular formula is C30H23N3O3. The van der Waals surface area contributed by atoms with E-state index in [2.05, 4.69) is 10.6 Å². The molecule has 176 valence electrons. The predicted octanol–water partition coefficient (Wildman–Crippen LogP) is 7.48. The molecule has 0 bridgehead atoms. The maximum atomic E-state index is 11.3. The van der Waals surface area contributed by atoms with Crippen molar-refractivity contribution < 1.29 is 9.66 Å². The maximum Gasteiger partial charge on any atom is 0.269 e. The summed E-state index contributed by atoms with van der Waals surface area (Å²) in [6.07, 6.45) is 1.84. The van der Waals surface area contributed by atoms with E-state index < -0.39 is 0 Å². The van der Waals surface area contributed by atoms with Gasteiger partial charge in [-0.05, 0) is 41.5 Å². The molecule has 0 unspecified atom stereocenters. The summed E-state index contributed by atoms with van der Waals surface area (Å²) in [5, 5.41) is 11.3. The van der Waals surface area contributed by atoms with Crippen LogP contribution in [-0.4, -0.2) is 22.8 Å². The molecule has 0 fully saturated rings. The molecule has 36 heavy (non-hydrogen) atoms. The van der Waals surface area contributed by atoms with E-state index >= 15 is 0 Å². The zero-order valence-corrected chi connectivity index (χ0v) is 19.6. The van der Waals surface area contributed by atoms with Gasteiger partial charge < -0.3 is 9.30 Å². The van der Waals surface area contributed by atoms with Gasteiger partial charge in [0.15, 0.2) is 0 Å². The minimum absolute atomic E-state index is 0.0476. The lowest BCUT2D eigenvalue weighted by atomic mass is 10.1. The summed E-state index contributed by atoms with van der Waals surface area (Å²) in [7, 11) is 1.63. The first-order valence-electron chi connectivity index (χ1n) is 11.4. The summed E-state index contributed by atoms with van der Waals surface area (Å²) in [5.74, 6) is 0.688. The molecule has 4 aromatic carbocycles. The number of rotatable bonds is 7. The van der Waals surface area contributed by atoms with Gasteiger partial charge in [0, 0.05) is 29.6 Å². The third kappa shape index (κ3) is 4.52. The van der Waals surface area contributed by atoms with Crippen molar-refractivity contribution in [3.05, 3.63) is 131 Å². The van der Waals surface area contributed by atoms with Crippen LogP contribution in [0.3, 0.4) is 0 Å². The number of nitrogens with zero attached hydrogens (tertiary/aromatic N) is 3. The van der Waals surface area contributed by atoms with E-state index in [1.54, 1.807) is 19.2 Å². The third-order valence-corrected chi connectivity index (χ3v) is 5.89. The minimum Gasteiger partial charge on any atom is -0.494 e. The lowest BCUT2D eigenvalue weighted by molar-refractivity contribution is -0.384. The zero-order chi connectivity index (χ0) is 24.9. The van der Waals surface area contributed by atoms with Gasteiger partial charge in [-0.1, -0.05) is 72.8 Å². The number of aromatic nitrogens is 1. The fourth-order valence-corrected chi connectivity index (χ4v) is 4.21. The summed E-state index contributed by atoms with van der Waals surface area (Å²) < 4.78 is 7.60. The fraction of sp³-hybridized carbons (Fsp3) is 0.0333. The number of para-hydroxylation sites is 2. The van der Waals surface area contributed by atoms with Crippen molar-refractivity contribution in [1.29, 1.82) is 0 Å². The van der Waals surface area contributed by atoms with E-state index in [1.807, 2.05) is 91.1 Å². The number of methoxy groups -OCH3 is 1. The summed E-state index contributed by atoms with van der Waals surface area (Å²) >= 11 is 0. The Morgan fingerprint density at radius 3 is 2.06 bits per heavy atom. The minimum atomic E-state index is -0.388. The first-order valence-corrected chi connectivity index (χ1v) is 11.4. The van der Waals surface area contributed by atoms with E-state index in [0.29, 0.717) is 5.75 Å². The van der Waals surface area contributed by atoms with Crippen LogP contribution in [-0.2, 0) is 0 Å². The normalized spacial score (nSPS) is 11.0. The highest BCUT2D eigenvalue weighted by Gasteiger charge is 2.19. The van der Waals surface area contributed by atoms with Crippen LogP contribution >= 0.6 is 0 Å². The molecule has 0 radical (unpaired) electrons. The second-order valence-electron chi connectivity index (χ2n) is 8.10. The Balaban J connectivity index is 1.77. The van der Waals surface area contributed by atoms with Crippen LogP contribution in [0.2, 0.25) is 0 Å². The van der Waals surface area contributed by atoms with Crippen LogP contribution in [0.4, 0.5) is 11.4 Å². The van der Waals surface area contributed by atoms with Crippen molar-refractivity contribution in [2.45, 2.75) is 0 Å². The number of nitro groups is 1. The lowest BCUT2D eigenvalue weighted by Crippen LogP contribution is -2.01. The molecule has 5 aromatic rings. The number of benzene rings is 4. The Labute approximate surface area is 208 Å². The van der Waals surface area contributed by atoms with Gasteiger partial charge in [-0.3, -0.25) is 15.1 Å². The van der Waals surface area contributed by atoms with Crippen molar-refractivity contribution in [2.24, 2.45) is 4.99 Å². The largest absolute Gasteiger partial charge is 0.494 e. The van der Waals surface area contributed by atoms with Crippen molar-refractivity contribution in [2.75, 3.05) is 7.11 Å². The maximum absolute atomic E-state index is 11.3. The van der Waals surface area contributed by atoms with Crippen molar-refractivity contribution in [3.8, 4) is 34.0 Å². The molecule has 0 aliphatic carbocycles. The quantitative estimate of drug-likeness (QED) is 0.140. The SMILES string of the molecule is COc1ccccc1N=Cc1cc(-c2ccccc2)n(-c2ccc([N+](=O)[O-])cc2)c1-c1ccccc1. The van der Waals surface area contributed by atoms with E-state index in [9.17, 15) is 10.1 Å². The molecule has 6 nitrogen and oxygen atoms in total. The number of aliphatic imine (C=N–C) groups is 1. The molecule has 0 saturated carbocycles. The standard InChI is InChI=1S/C30H23N3O3/c1-36-29-15-9-8-14-27(29)31-21-24-20-28(22-10-4-2-5-11-22)32(30(24)23-12-6-3-7-13-23)25-16-18-26(19-17-25)33(34)35/h2-21H,1H3. The van der Waals surface area contributed by atoms with Gasteiger partial charge in [-0.2, -0.15) is 0 Å². The molecule has 1 heterocycles. The molecule has 0 aliphatic heterocycles. The topological polar surface area (TPSA) is 69.7 Å². The summed E-state index contributed by atoms with van der Waals surface area (Å²) in [6, 6.07) is 36.4. The Morgan fingerprint density at radius 1 is 0.806 bits per heavy atom. The molecule has 1 aromatic heterocycles. The summed E-state index contributed by atoms with van der Waals surface area (Å²) in [4.78, 5) is 15.6. The van der Waals surface area contributed by atoms with Crippen molar-refractivity contribution >= 4 is 17.6 Å². The third-order valence-electron chi connectivity index (χ3n) is 5.89. The highest BCUT2D eigenvalue weighted by Crippen LogP contribution is 2.36. The van der Waals surface area contributed by atoms with E-state index in [4.69, 9.17) is 9.73 Å². The molecule has 0 aliphatic rings. The Kier molecular flexibility index (Phi) is 6.40. The smallest absolute Gasteiger partial charge is 0.269 e. The number of hydrogen-bond donors (Lipinski definition) is 0. The number of nitro benzene ring substituents is 1. The average Bonchev–Trinajstić information content (AvgIpc) is 3.32. The van der Waals surface area contributed by atoms with Crippen molar-refractivity contribution in [1.82, 2.24) is 4.57 Å². The van der Waals surface area contributed by atoms with E-state index in [0.717, 1.165) is 39.5 Å². The van der Waals surface area contributed by atoms with Crippen LogP contribution in [0, 0.1) is 10.1 Å². The van der Waals surface area contributed by atoms with Gasteiger partial charge in [-0.25, -0.2) is 0 Å². The predicted molar refractivity (Wildman–Crippen MR) is 144 cm³/mol. The Morgan fingerprint density at radius 2 is 1.42 bits per heavy atom. The molecule has 0 N–H and O–H groups in total. The highest BCUT2D eigenvalue weighted by atomic mass is 16.6. The van der Waals surface area contributed by atoms with Gasteiger partial charge >= 0.3 is 0 Å². The second kappa shape index (κ2) is 10.1. The van der Waals surface area contributed by atoms with Crippen LogP contribution < -0.4 is 4.74 Å². The number of non-ortho nitro benzene ring substituents is 1. The van der Waals surface area contributed by atoms with E-state index in [1.165, 1.54) is 12.1 Å². The van der Waals surface area contributed by atoms with Crippen molar-refractivity contribution in [3.63, 3.8) is 0 Å².